The maximum atomic E-state index is 12.2. The molecule has 0 spiro atoms. The first-order valence-corrected chi connectivity index (χ1v) is 29.3. The van der Waals surface area contributed by atoms with Gasteiger partial charge in [0.05, 0.1) is 82.3 Å². The Morgan fingerprint density at radius 3 is 1.67 bits per heavy atom. The number of nitrogens with zero attached hydrogens (tertiary/aromatic N) is 2. The molecule has 8 N–H and O–H groups in total. The molecular weight excluding hydrogens is 1170 g/mol. The number of carbonyl (C=O) groups is 6. The van der Waals surface area contributed by atoms with Crippen molar-refractivity contribution in [1.82, 2.24) is 21.3 Å². The van der Waals surface area contributed by atoms with Crippen molar-refractivity contribution in [3.63, 3.8) is 0 Å². The molecule has 484 valence electrons. The van der Waals surface area contributed by atoms with Gasteiger partial charge in [-0.3, -0.25) is 39.4 Å². The van der Waals surface area contributed by atoms with Crippen molar-refractivity contribution in [2.45, 2.75) is 121 Å². The third-order valence-corrected chi connectivity index (χ3v) is 14.0. The van der Waals surface area contributed by atoms with E-state index in [2.05, 4.69) is 33.6 Å². The predicted molar refractivity (Wildman–Crippen MR) is 318 cm³/mol. The number of amides is 4. The first-order valence-electron chi connectivity index (χ1n) is 27.0. The fraction of sp³-hybridized carbons (Fsp3) is 0.636. The summed E-state index contributed by atoms with van der Waals surface area (Å²) < 4.78 is 52.8. The SMILES string of the molecule is C#CC.COC(=O)C(C)CSCc1cc(OC)c(OCCCC(=O)NCCNC(=O)COCC2OC(C)C(O)C(O)C2OC)cc1[N+](=O)[O-].COC(=O)C(CSCc1cc(OC)c(OCCCC(=O)NCCN)cc1[N+](=O)[O-])NC(=O)OC(C)(C)C. The number of carbonyl (C=O) groups excluding carboxylic acids is 6. The summed E-state index contributed by atoms with van der Waals surface area (Å²) in [6.45, 7) is 11.1. The molecule has 3 rings (SSSR count). The lowest BCUT2D eigenvalue weighted by Gasteiger charge is -2.40. The molecule has 0 bridgehead atoms. The summed E-state index contributed by atoms with van der Waals surface area (Å²) in [7, 11) is 6.70. The van der Waals surface area contributed by atoms with E-state index < -0.39 is 70.0 Å². The minimum atomic E-state index is -1.15. The van der Waals surface area contributed by atoms with Crippen molar-refractivity contribution < 1.29 is 96.2 Å². The lowest BCUT2D eigenvalue weighted by Crippen LogP contribution is -2.58. The Kier molecular flexibility index (Phi) is 37.7. The third kappa shape index (κ3) is 29.5. The molecule has 31 heteroatoms. The number of terminal acetylenes is 1. The van der Waals surface area contributed by atoms with E-state index in [1.54, 1.807) is 41.5 Å². The second-order valence-electron chi connectivity index (χ2n) is 19.6. The van der Waals surface area contributed by atoms with Crippen LogP contribution >= 0.6 is 23.5 Å². The van der Waals surface area contributed by atoms with E-state index in [-0.39, 0.29) is 122 Å². The number of nitro benzene ring substituents is 2. The minimum absolute atomic E-state index is 0.0287. The third-order valence-electron chi connectivity index (χ3n) is 11.6. The van der Waals surface area contributed by atoms with E-state index in [0.29, 0.717) is 48.6 Å². The van der Waals surface area contributed by atoms with E-state index in [9.17, 15) is 59.2 Å². The monoisotopic (exact) mass is 1260 g/mol. The number of rotatable bonds is 35. The highest BCUT2D eigenvalue weighted by molar-refractivity contribution is 7.98. The summed E-state index contributed by atoms with van der Waals surface area (Å²) in [5.41, 5.74) is 5.00. The number of alkyl carbamates (subject to hydrolysis) is 1. The molecule has 29 nitrogen and oxygen atoms in total. The Morgan fingerprint density at radius 1 is 0.756 bits per heavy atom. The number of nitrogens with one attached hydrogen (secondary N) is 4. The number of nitrogens with two attached hydrogens (primary N) is 1. The molecule has 86 heavy (non-hydrogen) atoms. The molecule has 4 amide bonds. The van der Waals surface area contributed by atoms with Crippen LogP contribution in [0.5, 0.6) is 23.0 Å². The van der Waals surface area contributed by atoms with Crippen LogP contribution in [0.2, 0.25) is 0 Å². The van der Waals surface area contributed by atoms with E-state index >= 15 is 0 Å². The molecule has 1 heterocycles. The zero-order valence-corrected chi connectivity index (χ0v) is 52.2. The molecular formula is C55H85N7O22S2. The van der Waals surface area contributed by atoms with Gasteiger partial charge >= 0.3 is 18.0 Å². The molecule has 0 radical (unpaired) electrons. The van der Waals surface area contributed by atoms with Crippen LogP contribution in [0.25, 0.3) is 0 Å². The van der Waals surface area contributed by atoms with Gasteiger partial charge in [-0.25, -0.2) is 9.59 Å². The predicted octanol–water partition coefficient (Wildman–Crippen LogP) is 3.35. The zero-order chi connectivity index (χ0) is 64.9. The molecule has 2 aromatic carbocycles. The van der Waals surface area contributed by atoms with Crippen molar-refractivity contribution >= 4 is 70.7 Å². The molecule has 1 saturated heterocycles. The molecule has 0 aromatic heterocycles. The van der Waals surface area contributed by atoms with E-state index in [1.807, 2.05) is 0 Å². The molecule has 7 unspecified atom stereocenters. The first kappa shape index (κ1) is 77.1. The second kappa shape index (κ2) is 42.0. The number of hydrogen-bond donors (Lipinski definition) is 7. The number of esters is 2. The fourth-order valence-electron chi connectivity index (χ4n) is 7.45. The summed E-state index contributed by atoms with van der Waals surface area (Å²) in [4.78, 5) is 94.1. The largest absolute Gasteiger partial charge is 0.493 e. The quantitative estimate of drug-likeness (QED) is 0.0130. The molecule has 1 fully saturated rings. The van der Waals surface area contributed by atoms with Gasteiger partial charge in [0.2, 0.25) is 17.7 Å². The summed E-state index contributed by atoms with van der Waals surface area (Å²) in [5.74, 6) is 1.88. The van der Waals surface area contributed by atoms with Crippen molar-refractivity contribution in [3.05, 3.63) is 55.6 Å². The van der Waals surface area contributed by atoms with Gasteiger partial charge in [0.15, 0.2) is 23.0 Å². The highest BCUT2D eigenvalue weighted by Gasteiger charge is 2.43. The first-order chi connectivity index (χ1) is 40.7. The summed E-state index contributed by atoms with van der Waals surface area (Å²) in [6, 6.07) is 4.56. The molecule has 2 aromatic rings. The second-order valence-corrected chi connectivity index (χ2v) is 21.6. The van der Waals surface area contributed by atoms with Crippen molar-refractivity contribution in [2.24, 2.45) is 11.7 Å². The van der Waals surface area contributed by atoms with Crippen LogP contribution < -0.4 is 45.9 Å². The number of benzene rings is 2. The van der Waals surface area contributed by atoms with Crippen molar-refractivity contribution in [2.75, 3.05) is 99.7 Å². The highest BCUT2D eigenvalue weighted by atomic mass is 32.2. The van der Waals surface area contributed by atoms with Crippen LogP contribution in [0.1, 0.15) is 78.4 Å². The summed E-state index contributed by atoms with van der Waals surface area (Å²) >= 11 is 2.54. The minimum Gasteiger partial charge on any atom is -0.493 e. The zero-order valence-electron chi connectivity index (χ0n) is 50.6. The van der Waals surface area contributed by atoms with Gasteiger partial charge in [-0.05, 0) is 59.6 Å². The number of methoxy groups -OCH3 is 5. The van der Waals surface area contributed by atoms with Gasteiger partial charge in [0, 0.05) is 80.3 Å². The van der Waals surface area contributed by atoms with Crippen LogP contribution in [-0.2, 0) is 63.9 Å². The van der Waals surface area contributed by atoms with E-state index in [0.717, 1.165) is 0 Å². The number of aliphatic hydroxyl groups excluding tert-OH is 2. The highest BCUT2D eigenvalue weighted by Crippen LogP contribution is 2.38. The molecule has 0 saturated carbocycles. The van der Waals surface area contributed by atoms with Gasteiger partial charge in [-0.2, -0.15) is 23.5 Å². The molecule has 1 aliphatic rings. The Morgan fingerprint density at radius 2 is 1.23 bits per heavy atom. The van der Waals surface area contributed by atoms with E-state index in [4.69, 9.17) is 53.1 Å². The van der Waals surface area contributed by atoms with Crippen LogP contribution in [-0.4, -0.2) is 198 Å². The summed E-state index contributed by atoms with van der Waals surface area (Å²) in [5, 5.41) is 53.9. The molecule has 7 atom stereocenters. The Balaban J connectivity index is 0.000000840. The van der Waals surface area contributed by atoms with E-state index in [1.165, 1.54) is 83.3 Å². The lowest BCUT2D eigenvalue weighted by molar-refractivity contribution is -0.385. The Labute approximate surface area is 509 Å². The maximum absolute atomic E-state index is 12.2. The van der Waals surface area contributed by atoms with Crippen LogP contribution in [0.4, 0.5) is 16.2 Å². The number of nitro groups is 2. The standard InChI is InChI=1S/C29H45N3O13S.C23H36N4O9S.C3H4/c1-17(29(37)42-5)15-46-16-19-11-21(40-3)22(12-20(19)32(38)39)44-10-6-7-24(33)30-8-9-31-25(34)14-43-13-23-28(41-4)27(36)26(35)18(2)45-23;1-23(2,3)36-22(30)26-16(21(29)34-5)14-37-13-15-11-18(33-4)19(12-17(15)27(31)32)35-10-6-7-20(28)25-9-8-24;1-3-2/h11-12,17-18,23,26-28,35-36H,6-10,13-16H2,1-5H3,(H,30,33)(H,31,34);11-12,16H,6-10,13-14,24H2,1-5H3,(H,25,28)(H,26,30);1H,2H3. The van der Waals surface area contributed by atoms with Crippen LogP contribution in [0.3, 0.4) is 0 Å². The van der Waals surface area contributed by atoms with Crippen LogP contribution in [0.15, 0.2) is 24.3 Å². The average Bonchev–Trinajstić information content (AvgIpc) is 1.97. The normalized spacial score (nSPS) is 16.7. The Bertz CT molecular complexity index is 2520. The topological polar surface area (TPSA) is 396 Å². The number of thioether (sulfide) groups is 2. The average molecular weight is 1260 g/mol. The lowest BCUT2D eigenvalue weighted by atomic mass is 9.96. The summed E-state index contributed by atoms with van der Waals surface area (Å²) in [6.07, 6.45) is 0.537. The van der Waals surface area contributed by atoms with Crippen molar-refractivity contribution in [3.8, 4) is 35.3 Å². The number of ether oxygens (including phenoxy) is 10. The number of aliphatic hydroxyl groups is 2. The van der Waals surface area contributed by atoms with Gasteiger partial charge in [0.25, 0.3) is 11.4 Å². The van der Waals surface area contributed by atoms with Gasteiger partial charge in [0.1, 0.15) is 42.7 Å². The number of hydrogen-bond acceptors (Lipinski definition) is 25. The smallest absolute Gasteiger partial charge is 0.408 e. The van der Waals surface area contributed by atoms with Crippen molar-refractivity contribution in [1.29, 1.82) is 0 Å². The van der Waals surface area contributed by atoms with Gasteiger partial charge < -0.3 is 84.6 Å². The molecule has 1 aliphatic heterocycles. The Hall–Kier alpha value is -6.92. The fourth-order valence-corrected chi connectivity index (χ4v) is 9.54. The molecule has 0 aliphatic carbocycles. The maximum Gasteiger partial charge on any atom is 0.408 e. The van der Waals surface area contributed by atoms with Gasteiger partial charge in [-0.1, -0.05) is 6.92 Å². The van der Waals surface area contributed by atoms with Gasteiger partial charge in [-0.15, -0.1) is 12.3 Å². The van der Waals surface area contributed by atoms with Crippen LogP contribution in [0, 0.1) is 38.5 Å².